The van der Waals surface area contributed by atoms with Crippen molar-refractivity contribution >= 4 is 34.7 Å². The number of Topliss-reactive ketones (excluding diaryl/α,β-unsaturated/α-hetero) is 1. The Kier molecular flexibility index (Phi) is 4.48. The van der Waals surface area contributed by atoms with E-state index in [4.69, 9.17) is 14.2 Å². The number of rotatable bonds is 5. The van der Waals surface area contributed by atoms with Gasteiger partial charge in [-0.15, -0.1) is 11.3 Å². The topological polar surface area (TPSA) is 90.9 Å². The minimum Gasteiger partial charge on any atom is -0.454 e. The summed E-state index contributed by atoms with van der Waals surface area (Å²) in [6, 6.07) is 6.35. The SMILES string of the molecule is CC(=O)c1cc2c(cc1NC(=O)COC(=O)c1cccs1)OCO2. The summed E-state index contributed by atoms with van der Waals surface area (Å²) in [7, 11) is 0. The fourth-order valence-electron chi connectivity index (χ4n) is 2.12. The quantitative estimate of drug-likeness (QED) is 0.660. The predicted octanol–water partition coefficient (Wildman–Crippen LogP) is 2.47. The van der Waals surface area contributed by atoms with Gasteiger partial charge < -0.3 is 19.5 Å². The summed E-state index contributed by atoms with van der Waals surface area (Å²) in [5.74, 6) is -0.480. The van der Waals surface area contributed by atoms with E-state index < -0.39 is 18.5 Å². The molecule has 1 aromatic heterocycles. The number of ketones is 1. The number of thiophene rings is 1. The number of nitrogens with one attached hydrogen (secondary N) is 1. The van der Waals surface area contributed by atoms with E-state index in [0.29, 0.717) is 16.4 Å². The average molecular weight is 347 g/mol. The molecule has 8 heteroatoms. The first-order chi connectivity index (χ1) is 11.5. The van der Waals surface area contributed by atoms with E-state index >= 15 is 0 Å². The zero-order valence-corrected chi connectivity index (χ0v) is 13.5. The number of carbonyl (C=O) groups excluding carboxylic acids is 3. The van der Waals surface area contributed by atoms with Crippen LogP contribution in [0.25, 0.3) is 0 Å². The molecule has 124 valence electrons. The van der Waals surface area contributed by atoms with Crippen molar-refractivity contribution in [2.75, 3.05) is 18.7 Å². The Morgan fingerprint density at radius 1 is 1.25 bits per heavy atom. The third-order valence-electron chi connectivity index (χ3n) is 3.22. The van der Waals surface area contributed by atoms with Gasteiger partial charge in [0.15, 0.2) is 23.9 Å². The fourth-order valence-corrected chi connectivity index (χ4v) is 2.74. The molecule has 1 N–H and O–H groups in total. The van der Waals surface area contributed by atoms with E-state index in [9.17, 15) is 14.4 Å². The van der Waals surface area contributed by atoms with Crippen LogP contribution in [0.4, 0.5) is 5.69 Å². The lowest BCUT2D eigenvalue weighted by Gasteiger charge is -2.10. The summed E-state index contributed by atoms with van der Waals surface area (Å²) in [4.78, 5) is 35.9. The lowest BCUT2D eigenvalue weighted by Crippen LogP contribution is -2.21. The highest BCUT2D eigenvalue weighted by Crippen LogP contribution is 2.37. The molecular formula is C16H13NO6S. The third-order valence-corrected chi connectivity index (χ3v) is 4.07. The molecule has 0 spiro atoms. The van der Waals surface area contributed by atoms with Gasteiger partial charge in [-0.1, -0.05) is 6.07 Å². The molecule has 0 aliphatic carbocycles. The van der Waals surface area contributed by atoms with E-state index in [1.165, 1.54) is 30.4 Å². The molecule has 0 bridgehead atoms. The molecule has 0 saturated carbocycles. The number of fused-ring (bicyclic) bond motifs is 1. The summed E-state index contributed by atoms with van der Waals surface area (Å²) < 4.78 is 15.4. The summed E-state index contributed by atoms with van der Waals surface area (Å²) in [5, 5.41) is 4.29. The highest BCUT2D eigenvalue weighted by molar-refractivity contribution is 7.11. The molecule has 0 atom stereocenters. The molecular weight excluding hydrogens is 334 g/mol. The monoisotopic (exact) mass is 347 g/mol. The smallest absolute Gasteiger partial charge is 0.348 e. The van der Waals surface area contributed by atoms with Gasteiger partial charge in [-0.2, -0.15) is 0 Å². The first kappa shape index (κ1) is 16.0. The number of anilines is 1. The molecule has 3 rings (SSSR count). The number of hydrogen-bond donors (Lipinski definition) is 1. The van der Waals surface area contributed by atoms with Crippen LogP contribution in [0.5, 0.6) is 11.5 Å². The number of esters is 1. The number of carbonyl (C=O) groups is 3. The molecule has 2 heterocycles. The summed E-state index contributed by atoms with van der Waals surface area (Å²) >= 11 is 1.23. The van der Waals surface area contributed by atoms with E-state index in [-0.39, 0.29) is 23.8 Å². The average Bonchev–Trinajstić information content (AvgIpc) is 3.22. The summed E-state index contributed by atoms with van der Waals surface area (Å²) in [6.45, 7) is 0.981. The van der Waals surface area contributed by atoms with Crippen molar-refractivity contribution in [1.82, 2.24) is 0 Å². The first-order valence-corrected chi connectivity index (χ1v) is 7.87. The number of benzene rings is 1. The highest BCUT2D eigenvalue weighted by atomic mass is 32.1. The van der Waals surface area contributed by atoms with Gasteiger partial charge in [0, 0.05) is 11.6 Å². The van der Waals surface area contributed by atoms with Crippen LogP contribution in [-0.2, 0) is 9.53 Å². The minimum absolute atomic E-state index is 0.0580. The van der Waals surface area contributed by atoms with Gasteiger partial charge in [0.2, 0.25) is 6.79 Å². The molecule has 0 radical (unpaired) electrons. The van der Waals surface area contributed by atoms with Crippen molar-refractivity contribution in [2.24, 2.45) is 0 Å². The molecule has 24 heavy (non-hydrogen) atoms. The van der Waals surface area contributed by atoms with Gasteiger partial charge in [0.05, 0.1) is 5.69 Å². The van der Waals surface area contributed by atoms with Crippen molar-refractivity contribution in [3.8, 4) is 11.5 Å². The van der Waals surface area contributed by atoms with Crippen molar-refractivity contribution in [1.29, 1.82) is 0 Å². The lowest BCUT2D eigenvalue weighted by molar-refractivity contribution is -0.119. The van der Waals surface area contributed by atoms with E-state index in [1.807, 2.05) is 0 Å². The molecule has 1 amide bonds. The number of hydrogen-bond acceptors (Lipinski definition) is 7. The van der Waals surface area contributed by atoms with Crippen LogP contribution in [0.2, 0.25) is 0 Å². The number of ether oxygens (including phenoxy) is 3. The Balaban J connectivity index is 1.68. The predicted molar refractivity (Wildman–Crippen MR) is 85.8 cm³/mol. The Morgan fingerprint density at radius 2 is 2.00 bits per heavy atom. The van der Waals surface area contributed by atoms with E-state index in [2.05, 4.69) is 5.32 Å². The maximum Gasteiger partial charge on any atom is 0.348 e. The van der Waals surface area contributed by atoms with Crippen molar-refractivity contribution in [2.45, 2.75) is 6.92 Å². The fraction of sp³-hybridized carbons (Fsp3) is 0.188. The maximum atomic E-state index is 12.0. The summed E-state index contributed by atoms with van der Waals surface area (Å²) in [6.07, 6.45) is 0. The number of amides is 1. The molecule has 0 fully saturated rings. The largest absolute Gasteiger partial charge is 0.454 e. The Labute approximate surface area is 141 Å². The Hall–Kier alpha value is -2.87. The van der Waals surface area contributed by atoms with Gasteiger partial charge in [0.1, 0.15) is 4.88 Å². The van der Waals surface area contributed by atoms with Crippen molar-refractivity contribution in [3.05, 3.63) is 40.1 Å². The standard InChI is InChI=1S/C16H13NO6S/c1-9(18)10-5-12-13(23-8-22-12)6-11(10)17-15(19)7-21-16(20)14-3-2-4-24-14/h2-6H,7-8H2,1H3,(H,17,19). The van der Waals surface area contributed by atoms with Crippen LogP contribution < -0.4 is 14.8 Å². The highest BCUT2D eigenvalue weighted by Gasteiger charge is 2.21. The second-order valence-corrected chi connectivity index (χ2v) is 5.86. The Morgan fingerprint density at radius 3 is 2.67 bits per heavy atom. The van der Waals surface area contributed by atoms with Crippen molar-refractivity contribution < 1.29 is 28.6 Å². The molecule has 0 unspecified atom stereocenters. The van der Waals surface area contributed by atoms with Gasteiger partial charge in [-0.05, 0) is 24.4 Å². The molecule has 1 aromatic carbocycles. The van der Waals surface area contributed by atoms with Crippen LogP contribution >= 0.6 is 11.3 Å². The lowest BCUT2D eigenvalue weighted by atomic mass is 10.1. The van der Waals surface area contributed by atoms with E-state index in [1.54, 1.807) is 17.5 Å². The third kappa shape index (κ3) is 3.38. The van der Waals surface area contributed by atoms with Gasteiger partial charge >= 0.3 is 5.97 Å². The normalized spacial score (nSPS) is 11.9. The second kappa shape index (κ2) is 6.71. The van der Waals surface area contributed by atoms with Gasteiger partial charge in [0.25, 0.3) is 5.91 Å². The van der Waals surface area contributed by atoms with Crippen LogP contribution in [0.15, 0.2) is 29.6 Å². The van der Waals surface area contributed by atoms with Crippen LogP contribution in [0.3, 0.4) is 0 Å². The zero-order chi connectivity index (χ0) is 17.1. The van der Waals surface area contributed by atoms with Crippen LogP contribution in [0, 0.1) is 0 Å². The molecule has 1 aliphatic rings. The van der Waals surface area contributed by atoms with Crippen LogP contribution in [0.1, 0.15) is 27.0 Å². The van der Waals surface area contributed by atoms with Gasteiger partial charge in [-0.25, -0.2) is 4.79 Å². The van der Waals surface area contributed by atoms with Gasteiger partial charge in [-0.3, -0.25) is 9.59 Å². The van der Waals surface area contributed by atoms with Crippen LogP contribution in [-0.4, -0.2) is 31.1 Å². The molecule has 1 aliphatic heterocycles. The first-order valence-electron chi connectivity index (χ1n) is 6.99. The molecule has 0 saturated heterocycles. The summed E-state index contributed by atoms with van der Waals surface area (Å²) in [5.41, 5.74) is 0.570. The zero-order valence-electron chi connectivity index (χ0n) is 12.7. The maximum absolute atomic E-state index is 12.0. The molecule has 7 nitrogen and oxygen atoms in total. The Bertz CT molecular complexity index is 799. The molecule has 2 aromatic rings. The second-order valence-electron chi connectivity index (χ2n) is 4.91. The van der Waals surface area contributed by atoms with E-state index in [0.717, 1.165) is 0 Å². The minimum atomic E-state index is -0.572. The van der Waals surface area contributed by atoms with Crippen molar-refractivity contribution in [3.63, 3.8) is 0 Å².